The van der Waals surface area contributed by atoms with E-state index in [1.165, 1.54) is 39.2 Å². The molecule has 3 nitrogen and oxygen atoms in total. The number of carbonyl (C=O) groups excluding carboxylic acids is 2. The number of hydrogen-bond donors (Lipinski definition) is 0. The standard InChI is InChI=1S/C14H24O3S/c1-14(2,13(16)17-3)9-11(15)10-18-12-7-5-4-6-8-12/h12H,4-10H2,1-3H3. The van der Waals surface area contributed by atoms with E-state index in [2.05, 4.69) is 0 Å². The molecule has 0 atom stereocenters. The van der Waals surface area contributed by atoms with Crippen LogP contribution in [0.15, 0.2) is 0 Å². The van der Waals surface area contributed by atoms with Gasteiger partial charge in [0, 0.05) is 11.7 Å². The van der Waals surface area contributed by atoms with Crippen LogP contribution in [0.2, 0.25) is 0 Å². The summed E-state index contributed by atoms with van der Waals surface area (Å²) in [6, 6.07) is 0. The van der Waals surface area contributed by atoms with Crippen LogP contribution in [-0.2, 0) is 14.3 Å². The maximum atomic E-state index is 11.9. The van der Waals surface area contributed by atoms with Crippen molar-refractivity contribution in [2.45, 2.75) is 57.6 Å². The Kier molecular flexibility index (Phi) is 6.19. The summed E-state index contributed by atoms with van der Waals surface area (Å²) in [5.41, 5.74) is -0.695. The fourth-order valence-corrected chi connectivity index (χ4v) is 3.53. The summed E-state index contributed by atoms with van der Waals surface area (Å²) in [7, 11) is 1.37. The molecule has 0 spiro atoms. The van der Waals surface area contributed by atoms with Crippen LogP contribution in [0.3, 0.4) is 0 Å². The number of ketones is 1. The zero-order valence-corrected chi connectivity index (χ0v) is 12.5. The van der Waals surface area contributed by atoms with Crippen molar-refractivity contribution < 1.29 is 14.3 Å². The topological polar surface area (TPSA) is 43.4 Å². The van der Waals surface area contributed by atoms with Crippen LogP contribution in [0.25, 0.3) is 0 Å². The molecule has 0 bridgehead atoms. The minimum atomic E-state index is -0.695. The molecule has 0 radical (unpaired) electrons. The van der Waals surface area contributed by atoms with E-state index in [1.807, 2.05) is 0 Å². The zero-order valence-electron chi connectivity index (χ0n) is 11.7. The van der Waals surface area contributed by atoms with Crippen LogP contribution in [0.5, 0.6) is 0 Å². The molecular weight excluding hydrogens is 248 g/mol. The summed E-state index contributed by atoms with van der Waals surface area (Å²) in [4.78, 5) is 23.4. The highest BCUT2D eigenvalue weighted by Gasteiger charge is 2.31. The predicted octanol–water partition coefficient (Wildman–Crippen LogP) is 3.21. The third-order valence-corrected chi connectivity index (χ3v) is 4.84. The molecule has 1 aliphatic carbocycles. The van der Waals surface area contributed by atoms with E-state index >= 15 is 0 Å². The minimum Gasteiger partial charge on any atom is -0.469 e. The molecule has 0 aromatic rings. The number of thioether (sulfide) groups is 1. The minimum absolute atomic E-state index is 0.154. The molecule has 1 saturated carbocycles. The molecule has 0 aromatic carbocycles. The lowest BCUT2D eigenvalue weighted by molar-refractivity contribution is -0.152. The first-order valence-electron chi connectivity index (χ1n) is 6.67. The summed E-state index contributed by atoms with van der Waals surface area (Å²) >= 11 is 1.76. The SMILES string of the molecule is COC(=O)C(C)(C)CC(=O)CSC1CCCCC1. The molecule has 0 N–H and O–H groups in total. The zero-order chi connectivity index (χ0) is 13.6. The highest BCUT2D eigenvalue weighted by atomic mass is 32.2. The summed E-state index contributed by atoms with van der Waals surface area (Å²) < 4.78 is 4.71. The lowest BCUT2D eigenvalue weighted by atomic mass is 9.88. The fourth-order valence-electron chi connectivity index (χ4n) is 2.34. The number of ether oxygens (including phenoxy) is 1. The summed E-state index contributed by atoms with van der Waals surface area (Å²) in [6.45, 7) is 3.53. The van der Waals surface area contributed by atoms with Gasteiger partial charge in [-0.1, -0.05) is 19.3 Å². The van der Waals surface area contributed by atoms with Crippen LogP contribution in [0.4, 0.5) is 0 Å². The van der Waals surface area contributed by atoms with Crippen molar-refractivity contribution >= 4 is 23.5 Å². The van der Waals surface area contributed by atoms with Gasteiger partial charge < -0.3 is 4.74 Å². The number of carbonyl (C=O) groups is 2. The molecule has 1 rings (SSSR count). The highest BCUT2D eigenvalue weighted by molar-refractivity contribution is 8.00. The van der Waals surface area contributed by atoms with Crippen LogP contribution in [0.1, 0.15) is 52.4 Å². The van der Waals surface area contributed by atoms with Crippen LogP contribution < -0.4 is 0 Å². The molecule has 0 heterocycles. The van der Waals surface area contributed by atoms with E-state index in [-0.39, 0.29) is 18.2 Å². The summed E-state index contributed by atoms with van der Waals surface area (Å²) in [5, 5.41) is 0.643. The van der Waals surface area contributed by atoms with Gasteiger partial charge in [0.1, 0.15) is 5.78 Å². The second-order valence-corrected chi connectivity index (χ2v) is 6.95. The quantitative estimate of drug-likeness (QED) is 0.696. The van der Waals surface area contributed by atoms with Crippen LogP contribution in [0, 0.1) is 5.41 Å². The molecule has 104 valence electrons. The van der Waals surface area contributed by atoms with E-state index in [1.54, 1.807) is 25.6 Å². The van der Waals surface area contributed by atoms with Gasteiger partial charge in [-0.15, -0.1) is 0 Å². The van der Waals surface area contributed by atoms with Crippen molar-refractivity contribution in [3.63, 3.8) is 0 Å². The van der Waals surface area contributed by atoms with Crippen LogP contribution in [-0.4, -0.2) is 29.9 Å². The Hall–Kier alpha value is -0.510. The molecule has 1 fully saturated rings. The number of hydrogen-bond acceptors (Lipinski definition) is 4. The Bertz CT molecular complexity index is 293. The number of esters is 1. The molecule has 4 heteroatoms. The first kappa shape index (κ1) is 15.5. The second-order valence-electron chi connectivity index (χ2n) is 5.66. The molecule has 0 amide bonds. The summed E-state index contributed by atoms with van der Waals surface area (Å²) in [5.74, 6) is 0.380. The Balaban J connectivity index is 2.30. The molecule has 1 aliphatic rings. The number of methoxy groups -OCH3 is 1. The largest absolute Gasteiger partial charge is 0.469 e. The van der Waals surface area contributed by atoms with Gasteiger partial charge in [-0.3, -0.25) is 9.59 Å². The van der Waals surface area contributed by atoms with Crippen molar-refractivity contribution in [1.29, 1.82) is 0 Å². The monoisotopic (exact) mass is 272 g/mol. The van der Waals surface area contributed by atoms with Crippen molar-refractivity contribution in [2.75, 3.05) is 12.9 Å². The normalized spacial score (nSPS) is 17.5. The van der Waals surface area contributed by atoms with Gasteiger partial charge in [0.05, 0.1) is 18.3 Å². The van der Waals surface area contributed by atoms with Gasteiger partial charge in [0.2, 0.25) is 0 Å². The number of rotatable bonds is 6. The van der Waals surface area contributed by atoms with E-state index in [9.17, 15) is 9.59 Å². The van der Waals surface area contributed by atoms with E-state index in [4.69, 9.17) is 4.74 Å². The van der Waals surface area contributed by atoms with Gasteiger partial charge in [0.15, 0.2) is 0 Å². The lowest BCUT2D eigenvalue weighted by Gasteiger charge is -2.23. The van der Waals surface area contributed by atoms with Crippen molar-refractivity contribution in [1.82, 2.24) is 0 Å². The van der Waals surface area contributed by atoms with Crippen molar-refractivity contribution in [2.24, 2.45) is 5.41 Å². The smallest absolute Gasteiger partial charge is 0.311 e. The fraction of sp³-hybridized carbons (Fsp3) is 0.857. The van der Waals surface area contributed by atoms with Crippen molar-refractivity contribution in [3.05, 3.63) is 0 Å². The third-order valence-electron chi connectivity index (χ3n) is 3.41. The van der Waals surface area contributed by atoms with Crippen molar-refractivity contribution in [3.8, 4) is 0 Å². The summed E-state index contributed by atoms with van der Waals surface area (Å²) in [6.07, 6.45) is 6.66. The van der Waals surface area contributed by atoms with Gasteiger partial charge in [-0.25, -0.2) is 0 Å². The number of Topliss-reactive ketones (excluding diaryl/α,β-unsaturated/α-hetero) is 1. The molecule has 18 heavy (non-hydrogen) atoms. The maximum absolute atomic E-state index is 11.9. The average Bonchev–Trinajstić information content (AvgIpc) is 2.36. The van der Waals surface area contributed by atoms with E-state index in [0.717, 1.165) is 0 Å². The first-order chi connectivity index (χ1) is 8.45. The van der Waals surface area contributed by atoms with Gasteiger partial charge in [0.25, 0.3) is 0 Å². The lowest BCUT2D eigenvalue weighted by Crippen LogP contribution is -2.29. The highest BCUT2D eigenvalue weighted by Crippen LogP contribution is 2.29. The Labute approximate surface area is 114 Å². The van der Waals surface area contributed by atoms with Gasteiger partial charge in [-0.2, -0.15) is 11.8 Å². The maximum Gasteiger partial charge on any atom is 0.311 e. The molecular formula is C14H24O3S. The Morgan fingerprint density at radius 3 is 2.39 bits per heavy atom. The molecule has 0 aliphatic heterocycles. The molecule has 0 saturated heterocycles. The first-order valence-corrected chi connectivity index (χ1v) is 7.72. The van der Waals surface area contributed by atoms with Gasteiger partial charge in [-0.05, 0) is 26.7 Å². The molecule has 0 aromatic heterocycles. The van der Waals surface area contributed by atoms with Crippen LogP contribution >= 0.6 is 11.8 Å². The molecule has 0 unspecified atom stereocenters. The third kappa shape index (κ3) is 5.01. The van der Waals surface area contributed by atoms with E-state index < -0.39 is 5.41 Å². The average molecular weight is 272 g/mol. The second kappa shape index (κ2) is 7.17. The Morgan fingerprint density at radius 2 is 1.83 bits per heavy atom. The Morgan fingerprint density at radius 1 is 1.22 bits per heavy atom. The van der Waals surface area contributed by atoms with Gasteiger partial charge >= 0.3 is 5.97 Å². The van der Waals surface area contributed by atoms with E-state index in [0.29, 0.717) is 11.0 Å². The predicted molar refractivity (Wildman–Crippen MR) is 74.8 cm³/mol.